The Kier molecular flexibility index (Phi) is 1.33. The first-order chi connectivity index (χ1) is 5.75. The average molecular weight is 162 g/mol. The van der Waals surface area contributed by atoms with Crippen molar-refractivity contribution >= 4 is 11.0 Å². The van der Waals surface area contributed by atoms with Gasteiger partial charge in [-0.15, -0.1) is 0 Å². The van der Waals surface area contributed by atoms with E-state index in [0.717, 1.165) is 0 Å². The molecule has 60 valence electrons. The zero-order valence-electron chi connectivity index (χ0n) is 6.13. The van der Waals surface area contributed by atoms with E-state index < -0.39 is 0 Å². The van der Waals surface area contributed by atoms with E-state index in [1.807, 2.05) is 0 Å². The maximum atomic E-state index is 10.8. The fraction of sp³-hybridized carbons (Fsp3) is 0. The number of aromatic nitrogens is 2. The predicted octanol–water partition coefficient (Wildman–Crippen LogP) is 0.216. The molecule has 2 aromatic rings. The molecule has 0 aliphatic heterocycles. The van der Waals surface area contributed by atoms with Gasteiger partial charge in [-0.1, -0.05) is 0 Å². The molecule has 0 fully saturated rings. The highest BCUT2D eigenvalue weighted by atomic mass is 16.1. The molecule has 0 radical (unpaired) electrons. The third kappa shape index (κ3) is 1.03. The maximum Gasteiger partial charge on any atom is 0.248 e. The Morgan fingerprint density at radius 3 is 1.58 bits per heavy atom. The van der Waals surface area contributed by atoms with Gasteiger partial charge < -0.3 is 9.97 Å². The first-order valence-electron chi connectivity index (χ1n) is 3.48. The summed E-state index contributed by atoms with van der Waals surface area (Å²) in [6.45, 7) is 0. The highest BCUT2D eigenvalue weighted by Gasteiger charge is 1.92. The van der Waals surface area contributed by atoms with Crippen molar-refractivity contribution in [3.8, 4) is 0 Å². The second-order valence-electron chi connectivity index (χ2n) is 2.47. The van der Waals surface area contributed by atoms with Crippen LogP contribution < -0.4 is 11.1 Å². The second-order valence-corrected chi connectivity index (χ2v) is 2.47. The van der Waals surface area contributed by atoms with Gasteiger partial charge in [0.2, 0.25) is 11.1 Å². The summed E-state index contributed by atoms with van der Waals surface area (Å²) >= 11 is 0. The van der Waals surface area contributed by atoms with Crippen LogP contribution in [0, 0.1) is 0 Å². The maximum absolute atomic E-state index is 10.8. The van der Waals surface area contributed by atoms with E-state index in [0.29, 0.717) is 11.0 Å². The first kappa shape index (κ1) is 6.84. The Labute approximate surface area is 66.9 Å². The summed E-state index contributed by atoms with van der Waals surface area (Å²) < 4.78 is 0. The summed E-state index contributed by atoms with van der Waals surface area (Å²) in [4.78, 5) is 26.8. The molecule has 0 aliphatic carbocycles. The Morgan fingerprint density at radius 1 is 0.750 bits per heavy atom. The van der Waals surface area contributed by atoms with Gasteiger partial charge in [0, 0.05) is 12.1 Å². The van der Waals surface area contributed by atoms with Gasteiger partial charge in [0.25, 0.3) is 0 Å². The quantitative estimate of drug-likeness (QED) is 0.581. The molecule has 0 unspecified atom stereocenters. The fourth-order valence-electron chi connectivity index (χ4n) is 1.06. The SMILES string of the molecule is O=c1ccc2[nH]c(=O)ccc2[nH]1. The number of nitrogens with one attached hydrogen (secondary N) is 2. The second kappa shape index (κ2) is 2.34. The van der Waals surface area contributed by atoms with E-state index in [1.165, 1.54) is 12.1 Å². The lowest BCUT2D eigenvalue weighted by atomic mass is 10.3. The molecule has 0 atom stereocenters. The fourth-order valence-corrected chi connectivity index (χ4v) is 1.06. The van der Waals surface area contributed by atoms with Crippen molar-refractivity contribution in [1.82, 2.24) is 9.97 Å². The Hall–Kier alpha value is -1.84. The predicted molar refractivity (Wildman–Crippen MR) is 45.2 cm³/mol. The van der Waals surface area contributed by atoms with Gasteiger partial charge >= 0.3 is 0 Å². The summed E-state index contributed by atoms with van der Waals surface area (Å²) in [5.74, 6) is 0. The molecular weight excluding hydrogens is 156 g/mol. The minimum absolute atomic E-state index is 0.172. The van der Waals surface area contributed by atoms with E-state index in [2.05, 4.69) is 9.97 Å². The molecule has 2 heterocycles. The highest BCUT2D eigenvalue weighted by molar-refractivity contribution is 5.72. The van der Waals surface area contributed by atoms with E-state index in [1.54, 1.807) is 12.1 Å². The van der Waals surface area contributed by atoms with Crippen molar-refractivity contribution in [2.45, 2.75) is 0 Å². The van der Waals surface area contributed by atoms with Crippen LogP contribution in [0.15, 0.2) is 33.9 Å². The van der Waals surface area contributed by atoms with Crippen LogP contribution in [0.25, 0.3) is 11.0 Å². The molecule has 0 amide bonds. The van der Waals surface area contributed by atoms with Crippen molar-refractivity contribution in [1.29, 1.82) is 0 Å². The zero-order valence-corrected chi connectivity index (χ0v) is 6.13. The van der Waals surface area contributed by atoms with Gasteiger partial charge in [-0.3, -0.25) is 9.59 Å². The van der Waals surface area contributed by atoms with E-state index >= 15 is 0 Å². The molecule has 2 rings (SSSR count). The summed E-state index contributed by atoms with van der Waals surface area (Å²) in [6, 6.07) is 5.90. The molecule has 0 bridgehead atoms. The molecule has 0 spiro atoms. The monoisotopic (exact) mass is 162 g/mol. The van der Waals surface area contributed by atoms with Crippen LogP contribution in [-0.2, 0) is 0 Å². The molecule has 4 heteroatoms. The van der Waals surface area contributed by atoms with Crippen LogP contribution in [0.5, 0.6) is 0 Å². The molecule has 12 heavy (non-hydrogen) atoms. The van der Waals surface area contributed by atoms with Gasteiger partial charge in [0.1, 0.15) is 0 Å². The summed E-state index contributed by atoms with van der Waals surface area (Å²) in [6.07, 6.45) is 0. The van der Waals surface area contributed by atoms with Gasteiger partial charge in [-0.2, -0.15) is 0 Å². The smallest absolute Gasteiger partial charge is 0.248 e. The molecule has 2 aromatic heterocycles. The van der Waals surface area contributed by atoms with Crippen molar-refractivity contribution < 1.29 is 0 Å². The number of fused-ring (bicyclic) bond motifs is 1. The van der Waals surface area contributed by atoms with Crippen LogP contribution in [0.4, 0.5) is 0 Å². The lowest BCUT2D eigenvalue weighted by Crippen LogP contribution is -2.07. The van der Waals surface area contributed by atoms with Crippen LogP contribution in [0.3, 0.4) is 0 Å². The van der Waals surface area contributed by atoms with Crippen molar-refractivity contribution in [3.63, 3.8) is 0 Å². The summed E-state index contributed by atoms with van der Waals surface area (Å²) in [5, 5.41) is 0. The minimum Gasteiger partial charge on any atom is -0.321 e. The molecule has 0 saturated heterocycles. The summed E-state index contributed by atoms with van der Waals surface area (Å²) in [7, 11) is 0. The van der Waals surface area contributed by atoms with Crippen LogP contribution >= 0.6 is 0 Å². The molecule has 4 nitrogen and oxygen atoms in total. The normalized spacial score (nSPS) is 10.3. The third-order valence-corrected chi connectivity index (χ3v) is 1.61. The molecule has 0 saturated carbocycles. The number of hydrogen-bond donors (Lipinski definition) is 2. The number of hydrogen-bond acceptors (Lipinski definition) is 2. The van der Waals surface area contributed by atoms with Crippen molar-refractivity contribution in [2.24, 2.45) is 0 Å². The Bertz CT molecular complexity index is 475. The summed E-state index contributed by atoms with van der Waals surface area (Å²) in [5.41, 5.74) is 0.938. The molecule has 2 N–H and O–H groups in total. The van der Waals surface area contributed by atoms with Crippen LogP contribution in [0.1, 0.15) is 0 Å². The lowest BCUT2D eigenvalue weighted by Gasteiger charge is -1.93. The minimum atomic E-state index is -0.172. The molecule has 0 aliphatic rings. The Morgan fingerprint density at radius 2 is 1.17 bits per heavy atom. The Balaban J connectivity index is 2.97. The molecule has 0 aromatic carbocycles. The number of rotatable bonds is 0. The van der Waals surface area contributed by atoms with Gasteiger partial charge in [-0.05, 0) is 12.1 Å². The van der Waals surface area contributed by atoms with E-state index in [-0.39, 0.29) is 11.1 Å². The largest absolute Gasteiger partial charge is 0.321 e. The third-order valence-electron chi connectivity index (χ3n) is 1.61. The number of H-pyrrole nitrogens is 2. The lowest BCUT2D eigenvalue weighted by molar-refractivity contribution is 1.24. The van der Waals surface area contributed by atoms with Crippen LogP contribution in [0.2, 0.25) is 0 Å². The number of pyridine rings is 2. The van der Waals surface area contributed by atoms with E-state index in [9.17, 15) is 9.59 Å². The molecular formula is C8H6N2O2. The topological polar surface area (TPSA) is 65.7 Å². The van der Waals surface area contributed by atoms with Crippen molar-refractivity contribution in [2.75, 3.05) is 0 Å². The van der Waals surface area contributed by atoms with Gasteiger partial charge in [0.15, 0.2) is 0 Å². The van der Waals surface area contributed by atoms with Crippen molar-refractivity contribution in [3.05, 3.63) is 45.0 Å². The van der Waals surface area contributed by atoms with Gasteiger partial charge in [0.05, 0.1) is 11.0 Å². The van der Waals surface area contributed by atoms with Gasteiger partial charge in [-0.25, -0.2) is 0 Å². The number of aromatic amines is 2. The first-order valence-corrected chi connectivity index (χ1v) is 3.48. The highest BCUT2D eigenvalue weighted by Crippen LogP contribution is 1.99. The van der Waals surface area contributed by atoms with Crippen LogP contribution in [-0.4, -0.2) is 9.97 Å². The average Bonchev–Trinajstić information content (AvgIpc) is 2.05. The van der Waals surface area contributed by atoms with E-state index in [4.69, 9.17) is 0 Å². The standard InChI is InChI=1S/C8H6N2O2/c11-7-3-1-5-6(10-7)2-4-8(12)9-5/h1-4H,(H,9,12)(H,10,11). The zero-order chi connectivity index (χ0) is 8.55.